The molecule has 0 spiro atoms. The van der Waals surface area contributed by atoms with E-state index in [1.54, 1.807) is 10.9 Å². The van der Waals surface area contributed by atoms with Gasteiger partial charge in [-0.3, -0.25) is 14.3 Å². The summed E-state index contributed by atoms with van der Waals surface area (Å²) in [7, 11) is 0. The number of rotatable bonds is 5. The van der Waals surface area contributed by atoms with Crippen LogP contribution in [-0.2, 0) is 11.3 Å². The van der Waals surface area contributed by atoms with Crippen molar-refractivity contribution < 1.29 is 9.59 Å². The number of hydrogen-bond donors (Lipinski definition) is 2. The third-order valence-corrected chi connectivity index (χ3v) is 5.17. The zero-order valence-electron chi connectivity index (χ0n) is 15.2. The highest BCUT2D eigenvalue weighted by Gasteiger charge is 2.27. The van der Waals surface area contributed by atoms with E-state index in [0.29, 0.717) is 0 Å². The highest BCUT2D eigenvalue weighted by molar-refractivity contribution is 5.97. The second kappa shape index (κ2) is 7.87. The lowest BCUT2D eigenvalue weighted by atomic mass is 9.97. The summed E-state index contributed by atoms with van der Waals surface area (Å²) in [6, 6.07) is 7.14. The molecule has 0 radical (unpaired) electrons. The van der Waals surface area contributed by atoms with E-state index in [4.69, 9.17) is 0 Å². The Morgan fingerprint density at radius 3 is 2.85 bits per heavy atom. The second-order valence-corrected chi connectivity index (χ2v) is 7.13. The normalized spacial score (nSPS) is 20.0. The van der Waals surface area contributed by atoms with Crippen LogP contribution in [0, 0.1) is 0 Å². The first-order valence-electron chi connectivity index (χ1n) is 9.51. The molecule has 27 heavy (non-hydrogen) atoms. The van der Waals surface area contributed by atoms with E-state index in [9.17, 15) is 9.59 Å². The van der Waals surface area contributed by atoms with Crippen LogP contribution in [0.15, 0.2) is 30.5 Å². The molecule has 0 saturated carbocycles. The van der Waals surface area contributed by atoms with Crippen molar-refractivity contribution in [2.24, 2.45) is 0 Å². The maximum Gasteiger partial charge on any atom is 0.273 e. The average Bonchev–Trinajstić information content (AvgIpc) is 3.16. The fourth-order valence-corrected chi connectivity index (χ4v) is 3.71. The zero-order valence-corrected chi connectivity index (χ0v) is 15.2. The molecule has 2 aliphatic rings. The molecule has 2 aliphatic heterocycles. The highest BCUT2D eigenvalue weighted by Crippen LogP contribution is 2.30. The van der Waals surface area contributed by atoms with Crippen molar-refractivity contribution >= 4 is 17.5 Å². The van der Waals surface area contributed by atoms with Gasteiger partial charge in [0.2, 0.25) is 5.91 Å². The van der Waals surface area contributed by atoms with E-state index in [0.717, 1.165) is 37.4 Å². The number of fused-ring (bicyclic) bond motifs is 1. The van der Waals surface area contributed by atoms with Gasteiger partial charge < -0.3 is 15.5 Å². The predicted octanol–water partition coefficient (Wildman–Crippen LogP) is 1.58. The highest BCUT2D eigenvalue weighted by atomic mass is 16.2. The minimum atomic E-state index is -0.360. The Balaban J connectivity index is 1.37. The van der Waals surface area contributed by atoms with Gasteiger partial charge in [-0.05, 0) is 37.6 Å². The van der Waals surface area contributed by atoms with Crippen molar-refractivity contribution in [3.63, 3.8) is 0 Å². The molecule has 1 fully saturated rings. The summed E-state index contributed by atoms with van der Waals surface area (Å²) >= 11 is 0. The summed E-state index contributed by atoms with van der Waals surface area (Å²) in [5, 5.41) is 13.8. The van der Waals surface area contributed by atoms with Gasteiger partial charge in [0.1, 0.15) is 0 Å². The van der Waals surface area contributed by atoms with E-state index < -0.39 is 0 Å². The number of aromatic nitrogens is 3. The monoisotopic (exact) mass is 368 g/mol. The molecular formula is C19H24N6O2. The first kappa shape index (κ1) is 17.7. The molecule has 1 aromatic heterocycles. The van der Waals surface area contributed by atoms with Crippen LogP contribution in [0.4, 0.5) is 5.69 Å². The first-order valence-corrected chi connectivity index (χ1v) is 9.51. The minimum Gasteiger partial charge on any atom is -0.343 e. The van der Waals surface area contributed by atoms with Crippen LogP contribution in [0.25, 0.3) is 0 Å². The summed E-state index contributed by atoms with van der Waals surface area (Å²) in [6.45, 7) is 3.89. The van der Waals surface area contributed by atoms with Gasteiger partial charge in [0.15, 0.2) is 5.69 Å². The Bertz CT molecular complexity index is 827. The van der Waals surface area contributed by atoms with Crippen LogP contribution in [0.2, 0.25) is 0 Å². The summed E-state index contributed by atoms with van der Waals surface area (Å²) in [4.78, 5) is 26.9. The van der Waals surface area contributed by atoms with E-state index in [2.05, 4.69) is 25.8 Å². The number of anilines is 1. The predicted molar refractivity (Wildman–Crippen MR) is 100 cm³/mol. The zero-order chi connectivity index (χ0) is 18.6. The van der Waals surface area contributed by atoms with Crippen molar-refractivity contribution in [3.8, 4) is 0 Å². The van der Waals surface area contributed by atoms with Crippen LogP contribution in [0.3, 0.4) is 0 Å². The summed E-state index contributed by atoms with van der Waals surface area (Å²) in [5.41, 5.74) is 1.92. The molecule has 4 rings (SSSR count). The van der Waals surface area contributed by atoms with E-state index in [1.165, 1.54) is 19.3 Å². The van der Waals surface area contributed by atoms with Crippen LogP contribution < -0.4 is 10.6 Å². The van der Waals surface area contributed by atoms with Gasteiger partial charge in [0.05, 0.1) is 25.2 Å². The molecule has 0 aliphatic carbocycles. The van der Waals surface area contributed by atoms with Crippen molar-refractivity contribution in [1.82, 2.24) is 25.2 Å². The largest absolute Gasteiger partial charge is 0.343 e. The first-order chi connectivity index (χ1) is 13.2. The molecular weight excluding hydrogens is 344 g/mol. The number of likely N-dealkylation sites (tertiary alicyclic amines) is 1. The summed E-state index contributed by atoms with van der Waals surface area (Å²) in [5.74, 6) is -0.419. The summed E-state index contributed by atoms with van der Waals surface area (Å²) < 4.78 is 1.71. The van der Waals surface area contributed by atoms with Crippen molar-refractivity contribution in [3.05, 3.63) is 41.7 Å². The van der Waals surface area contributed by atoms with Crippen LogP contribution in [0.1, 0.15) is 47.8 Å². The van der Waals surface area contributed by atoms with Crippen LogP contribution in [0.5, 0.6) is 0 Å². The fraction of sp³-hybridized carbons (Fsp3) is 0.474. The standard InChI is InChI=1S/C19H24N6O2/c26-18-12-16(14-6-2-3-7-15(14)20-18)21-19(27)17-13-25(23-22-17)11-10-24-8-4-1-5-9-24/h2-3,6-7,13,16H,1,4-5,8-12H2,(H,20,26)(H,21,27)/t16-/m1/s1. The molecule has 8 nitrogen and oxygen atoms in total. The summed E-state index contributed by atoms with van der Waals surface area (Å²) in [6.07, 6.45) is 5.70. The average molecular weight is 368 g/mol. The number of piperidine rings is 1. The molecule has 2 amide bonds. The third-order valence-electron chi connectivity index (χ3n) is 5.17. The fourth-order valence-electron chi connectivity index (χ4n) is 3.71. The molecule has 142 valence electrons. The van der Waals surface area contributed by atoms with E-state index >= 15 is 0 Å². The van der Waals surface area contributed by atoms with Gasteiger partial charge in [-0.1, -0.05) is 29.8 Å². The smallest absolute Gasteiger partial charge is 0.273 e. The Hall–Kier alpha value is -2.74. The third kappa shape index (κ3) is 4.16. The number of carbonyl (C=O) groups excluding carboxylic acids is 2. The number of nitrogens with one attached hydrogen (secondary N) is 2. The molecule has 2 aromatic rings. The van der Waals surface area contributed by atoms with Crippen LogP contribution >= 0.6 is 0 Å². The maximum atomic E-state index is 12.6. The SMILES string of the molecule is O=C1C[C@@H](NC(=O)c2cn(CCN3CCCCC3)nn2)c2ccccc2N1. The quantitative estimate of drug-likeness (QED) is 0.836. The topological polar surface area (TPSA) is 92.2 Å². The second-order valence-electron chi connectivity index (χ2n) is 7.13. The van der Waals surface area contributed by atoms with Crippen molar-refractivity contribution in [2.45, 2.75) is 38.3 Å². The lowest BCUT2D eigenvalue weighted by Crippen LogP contribution is -2.35. The van der Waals surface area contributed by atoms with E-state index in [-0.39, 0.29) is 30.0 Å². The van der Waals surface area contributed by atoms with Gasteiger partial charge in [0, 0.05) is 12.2 Å². The molecule has 0 unspecified atom stereocenters. The number of nitrogens with zero attached hydrogens (tertiary/aromatic N) is 4. The van der Waals surface area contributed by atoms with Crippen LogP contribution in [-0.4, -0.2) is 51.3 Å². The molecule has 1 aromatic carbocycles. The lowest BCUT2D eigenvalue weighted by molar-refractivity contribution is -0.116. The number of benzene rings is 1. The minimum absolute atomic E-state index is 0.107. The van der Waals surface area contributed by atoms with Gasteiger partial charge >= 0.3 is 0 Å². The Labute approximate surface area is 157 Å². The molecule has 2 N–H and O–H groups in total. The molecule has 0 bridgehead atoms. The number of carbonyl (C=O) groups is 2. The number of amides is 2. The van der Waals surface area contributed by atoms with Gasteiger partial charge in [-0.2, -0.15) is 0 Å². The number of hydrogen-bond acceptors (Lipinski definition) is 5. The molecule has 3 heterocycles. The lowest BCUT2D eigenvalue weighted by Gasteiger charge is -2.26. The molecule has 1 saturated heterocycles. The maximum absolute atomic E-state index is 12.6. The Morgan fingerprint density at radius 1 is 1.19 bits per heavy atom. The van der Waals surface area contributed by atoms with Gasteiger partial charge in [-0.15, -0.1) is 5.10 Å². The van der Waals surface area contributed by atoms with Crippen molar-refractivity contribution in [1.29, 1.82) is 0 Å². The molecule has 1 atom stereocenters. The van der Waals surface area contributed by atoms with E-state index in [1.807, 2.05) is 24.3 Å². The van der Waals surface area contributed by atoms with Gasteiger partial charge in [-0.25, -0.2) is 0 Å². The Kier molecular flexibility index (Phi) is 5.15. The molecule has 8 heteroatoms. The van der Waals surface area contributed by atoms with Crippen molar-refractivity contribution in [2.75, 3.05) is 25.0 Å². The number of para-hydroxylation sites is 1. The Morgan fingerprint density at radius 2 is 2.00 bits per heavy atom. The van der Waals surface area contributed by atoms with Gasteiger partial charge in [0.25, 0.3) is 5.91 Å².